The number of esters is 1. The van der Waals surface area contributed by atoms with E-state index >= 15 is 0 Å². The Hall–Kier alpha value is -6.81. The number of carbonyl (C=O) groups excluding carboxylic acids is 1. The van der Waals surface area contributed by atoms with Crippen molar-refractivity contribution in [2.45, 2.75) is 69.6 Å². The molecule has 16 heteroatoms. The highest BCUT2D eigenvalue weighted by Gasteiger charge is 2.25. The number of thioether (sulfide) groups is 1. The lowest BCUT2D eigenvalue weighted by Crippen LogP contribution is -2.26. The van der Waals surface area contributed by atoms with E-state index in [2.05, 4.69) is 57.9 Å². The number of carboxylic acid groups (broad SMARTS) is 1. The summed E-state index contributed by atoms with van der Waals surface area (Å²) in [7, 11) is 1.96. The van der Waals surface area contributed by atoms with Crippen LogP contribution in [0.15, 0.2) is 120 Å². The van der Waals surface area contributed by atoms with Crippen LogP contribution in [-0.4, -0.2) is 69.5 Å². The van der Waals surface area contributed by atoms with Gasteiger partial charge in [0, 0.05) is 47.7 Å². The number of nitrogens with zero attached hydrogens (tertiary/aromatic N) is 7. The molecule has 1 unspecified atom stereocenters. The van der Waals surface area contributed by atoms with Crippen molar-refractivity contribution in [3.8, 4) is 28.3 Å². The van der Waals surface area contributed by atoms with E-state index in [4.69, 9.17) is 35.8 Å². The van der Waals surface area contributed by atoms with E-state index in [1.807, 2.05) is 95.9 Å². The number of tetrazole rings is 1. The van der Waals surface area contributed by atoms with E-state index in [1.54, 1.807) is 23.9 Å². The Kier molecular flexibility index (Phi) is 14.3. The Morgan fingerprint density at radius 1 is 0.846 bits per heavy atom. The van der Waals surface area contributed by atoms with E-state index in [9.17, 15) is 14.7 Å². The summed E-state index contributed by atoms with van der Waals surface area (Å²) in [4.78, 5) is 36.5. The molecule has 2 N–H and O–H groups in total. The standard InChI is InChI=1S/C49H47ClN8O6S/c1-4-8-44-52-41(46(49(61)62-5-2)58(44)27-32-11-17-34(18-12-32)38-9-6-7-10-39(38)47-53-55-56-54-47)30-65-37-23-24-40-42(26-37)57(3)45(51-40)29-63-36-21-15-31(16-22-36)25-43(48(59)60)64-28-33-13-19-35(50)20-14-33/h6-7,9-24,26,43H,4-5,8,25,27-30H2,1-3H3,(H,59,60)(H,53,54,55,56). The molecule has 5 aromatic carbocycles. The summed E-state index contributed by atoms with van der Waals surface area (Å²) in [5.74, 6) is 1.76. The molecule has 0 aliphatic carbocycles. The van der Waals surface area contributed by atoms with E-state index in [0.29, 0.717) is 46.7 Å². The van der Waals surface area contributed by atoms with Gasteiger partial charge in [0.05, 0.1) is 29.9 Å². The largest absolute Gasteiger partial charge is 0.486 e. The first-order chi connectivity index (χ1) is 31.7. The van der Waals surface area contributed by atoms with Gasteiger partial charge in [0.1, 0.15) is 24.0 Å². The molecule has 0 spiro atoms. The van der Waals surface area contributed by atoms with E-state index in [-0.39, 0.29) is 26.2 Å². The highest BCUT2D eigenvalue weighted by atomic mass is 35.5. The molecular weight excluding hydrogens is 864 g/mol. The van der Waals surface area contributed by atoms with Crippen LogP contribution in [0.2, 0.25) is 5.02 Å². The normalized spacial score (nSPS) is 11.8. The van der Waals surface area contributed by atoms with Gasteiger partial charge in [-0.25, -0.2) is 19.6 Å². The highest BCUT2D eigenvalue weighted by Crippen LogP contribution is 2.32. The number of aryl methyl sites for hydroxylation is 2. The predicted octanol–water partition coefficient (Wildman–Crippen LogP) is 9.53. The van der Waals surface area contributed by atoms with Crippen LogP contribution in [0.3, 0.4) is 0 Å². The molecule has 0 aliphatic rings. The molecule has 0 amide bonds. The lowest BCUT2D eigenvalue weighted by Gasteiger charge is -2.14. The van der Waals surface area contributed by atoms with E-state index in [0.717, 1.165) is 67.4 Å². The zero-order chi connectivity index (χ0) is 45.3. The third-order valence-corrected chi connectivity index (χ3v) is 12.1. The van der Waals surface area contributed by atoms with Crippen LogP contribution in [-0.2, 0) is 59.7 Å². The second-order valence-corrected chi connectivity index (χ2v) is 16.8. The maximum absolute atomic E-state index is 13.7. The quantitative estimate of drug-likeness (QED) is 0.0549. The molecule has 14 nitrogen and oxygen atoms in total. The first kappa shape index (κ1) is 44.8. The summed E-state index contributed by atoms with van der Waals surface area (Å²) in [6.45, 7) is 5.01. The molecule has 65 heavy (non-hydrogen) atoms. The molecule has 3 aromatic heterocycles. The van der Waals surface area contributed by atoms with E-state index in [1.165, 1.54) is 0 Å². The first-order valence-electron chi connectivity index (χ1n) is 21.2. The fourth-order valence-electron chi connectivity index (χ4n) is 7.51. The number of halogens is 1. The zero-order valence-corrected chi connectivity index (χ0v) is 37.7. The van der Waals surface area contributed by atoms with Gasteiger partial charge in [0.2, 0.25) is 5.82 Å². The smallest absolute Gasteiger partial charge is 0.356 e. The summed E-state index contributed by atoms with van der Waals surface area (Å²) < 4.78 is 21.5. The predicted molar refractivity (Wildman–Crippen MR) is 249 cm³/mol. The molecule has 0 radical (unpaired) electrons. The minimum atomic E-state index is -1.03. The van der Waals surface area contributed by atoms with Gasteiger partial charge in [0.25, 0.3) is 0 Å². The maximum Gasteiger partial charge on any atom is 0.356 e. The van der Waals surface area contributed by atoms with Crippen LogP contribution in [0.4, 0.5) is 0 Å². The molecule has 3 heterocycles. The van der Waals surface area contributed by atoms with E-state index < -0.39 is 18.0 Å². The average molecular weight is 911 g/mol. The highest BCUT2D eigenvalue weighted by molar-refractivity contribution is 7.98. The number of nitrogens with one attached hydrogen (secondary N) is 1. The number of ether oxygens (including phenoxy) is 3. The molecule has 0 fully saturated rings. The van der Waals surface area contributed by atoms with Crippen molar-refractivity contribution in [1.29, 1.82) is 0 Å². The summed E-state index contributed by atoms with van der Waals surface area (Å²) >= 11 is 7.56. The number of hydrogen-bond acceptors (Lipinski definition) is 11. The number of aliphatic carboxylic acids is 1. The van der Waals surface area contributed by atoms with Crippen molar-refractivity contribution in [1.82, 2.24) is 39.7 Å². The van der Waals surface area contributed by atoms with Crippen molar-refractivity contribution in [2.24, 2.45) is 7.05 Å². The second-order valence-electron chi connectivity index (χ2n) is 15.3. The average Bonchev–Trinajstić information content (AvgIpc) is 4.06. The van der Waals surface area contributed by atoms with Crippen LogP contribution in [0.25, 0.3) is 33.5 Å². The molecule has 0 aliphatic heterocycles. The maximum atomic E-state index is 13.7. The number of H-pyrrole nitrogens is 1. The Labute approximate surface area is 385 Å². The SMILES string of the molecule is CCCc1nc(CSc2ccc3nc(COc4ccc(CC(OCc5ccc(Cl)cc5)C(=O)O)cc4)n(C)c3c2)c(C(=O)OCC)n1Cc1ccc(-c2ccccc2-c2nn[nH]n2)cc1. The second kappa shape index (κ2) is 20.8. The van der Waals surface area contributed by atoms with Crippen molar-refractivity contribution >= 4 is 46.3 Å². The fraction of sp³-hybridized carbons (Fsp3) is 0.245. The van der Waals surface area contributed by atoms with Gasteiger partial charge in [-0.05, 0) is 88.8 Å². The Morgan fingerprint density at radius 2 is 1.58 bits per heavy atom. The molecule has 8 rings (SSSR count). The number of hydrogen-bond donors (Lipinski definition) is 2. The van der Waals surface area contributed by atoms with Crippen LogP contribution >= 0.6 is 23.4 Å². The van der Waals surface area contributed by atoms with Crippen LogP contribution in [0.1, 0.15) is 64.8 Å². The summed E-state index contributed by atoms with van der Waals surface area (Å²) in [6, 6.07) is 36.8. The number of rotatable bonds is 20. The number of aromatic amines is 1. The molecule has 0 bridgehead atoms. The topological polar surface area (TPSA) is 172 Å². The van der Waals surface area contributed by atoms with Crippen molar-refractivity contribution in [3.05, 3.63) is 160 Å². The molecular formula is C49H47ClN8O6S. The van der Waals surface area contributed by atoms with Gasteiger partial charge in [0.15, 0.2) is 11.8 Å². The van der Waals surface area contributed by atoms with Gasteiger partial charge in [-0.1, -0.05) is 91.3 Å². The monoisotopic (exact) mass is 910 g/mol. The lowest BCUT2D eigenvalue weighted by atomic mass is 9.98. The van der Waals surface area contributed by atoms with Crippen molar-refractivity contribution in [3.63, 3.8) is 0 Å². The summed E-state index contributed by atoms with van der Waals surface area (Å²) in [5.41, 5.74) is 8.45. The first-order valence-corrected chi connectivity index (χ1v) is 22.6. The van der Waals surface area contributed by atoms with Gasteiger partial charge >= 0.3 is 11.9 Å². The minimum absolute atomic E-state index is 0.162. The Bertz CT molecular complexity index is 2880. The molecule has 0 saturated carbocycles. The van der Waals surface area contributed by atoms with Gasteiger partial charge in [-0.2, -0.15) is 5.21 Å². The minimum Gasteiger partial charge on any atom is -0.486 e. The number of fused-ring (bicyclic) bond motifs is 1. The summed E-state index contributed by atoms with van der Waals surface area (Å²) in [6.07, 6.45) is 0.763. The Morgan fingerprint density at radius 3 is 2.29 bits per heavy atom. The number of imidazole rings is 2. The number of aromatic nitrogens is 8. The third-order valence-electron chi connectivity index (χ3n) is 10.9. The molecule has 1 atom stereocenters. The molecule has 8 aromatic rings. The lowest BCUT2D eigenvalue weighted by molar-refractivity contribution is -0.151. The van der Waals surface area contributed by atoms with Crippen molar-refractivity contribution in [2.75, 3.05) is 6.61 Å². The molecule has 0 saturated heterocycles. The van der Waals surface area contributed by atoms with Crippen LogP contribution in [0.5, 0.6) is 5.75 Å². The number of carboxylic acids is 1. The van der Waals surface area contributed by atoms with Gasteiger partial charge in [-0.3, -0.25) is 0 Å². The number of carbonyl (C=O) groups is 2. The van der Waals surface area contributed by atoms with Crippen molar-refractivity contribution < 1.29 is 28.9 Å². The molecule has 332 valence electrons. The van der Waals surface area contributed by atoms with Crippen LogP contribution < -0.4 is 4.74 Å². The van der Waals surface area contributed by atoms with Crippen LogP contribution in [0, 0.1) is 0 Å². The number of benzene rings is 5. The Balaban J connectivity index is 0.933. The van der Waals surface area contributed by atoms with Gasteiger partial charge < -0.3 is 28.5 Å². The fourth-order valence-corrected chi connectivity index (χ4v) is 8.50. The zero-order valence-electron chi connectivity index (χ0n) is 36.1. The third kappa shape index (κ3) is 10.8. The van der Waals surface area contributed by atoms with Gasteiger partial charge in [-0.15, -0.1) is 22.0 Å². The summed E-state index contributed by atoms with van der Waals surface area (Å²) in [5, 5.41) is 25.0.